The zero-order valence-electron chi connectivity index (χ0n) is 12.0. The Hall–Kier alpha value is -0.660. The second-order valence-corrected chi connectivity index (χ2v) is 7.61. The van der Waals surface area contributed by atoms with E-state index in [4.69, 9.17) is 9.47 Å². The van der Waals surface area contributed by atoms with Crippen molar-refractivity contribution >= 4 is 16.0 Å². The molecule has 4 atom stereocenters. The molecule has 0 aromatic carbocycles. The number of methoxy groups -OCH3 is 1. The standard InChI is InChI=1S/C13H23NO5S/c1-9(10-6-7-19-8-10)14-20(16,17)12-5-3-4-11(12)13(15)18-2/h9-12,14H,3-8H2,1-2H3. The topological polar surface area (TPSA) is 81.7 Å². The minimum atomic E-state index is -3.51. The van der Waals surface area contributed by atoms with Gasteiger partial charge in [-0.3, -0.25) is 4.79 Å². The Morgan fingerprint density at radius 2 is 2.10 bits per heavy atom. The van der Waals surface area contributed by atoms with Gasteiger partial charge in [0.2, 0.25) is 10.0 Å². The monoisotopic (exact) mass is 305 g/mol. The van der Waals surface area contributed by atoms with Gasteiger partial charge in [-0.25, -0.2) is 13.1 Å². The molecule has 116 valence electrons. The first-order chi connectivity index (χ1) is 9.45. The Morgan fingerprint density at radius 3 is 2.70 bits per heavy atom. The maximum Gasteiger partial charge on any atom is 0.310 e. The first-order valence-corrected chi connectivity index (χ1v) is 8.67. The predicted molar refractivity (Wildman–Crippen MR) is 73.6 cm³/mol. The van der Waals surface area contributed by atoms with Crippen molar-refractivity contribution < 1.29 is 22.7 Å². The van der Waals surface area contributed by atoms with Gasteiger partial charge in [0.25, 0.3) is 0 Å². The molecule has 0 aromatic heterocycles. The number of ether oxygens (including phenoxy) is 2. The Labute approximate surface area is 120 Å². The fourth-order valence-electron chi connectivity index (χ4n) is 3.11. The molecule has 6 nitrogen and oxygen atoms in total. The summed E-state index contributed by atoms with van der Waals surface area (Å²) in [7, 11) is -2.21. The van der Waals surface area contributed by atoms with Gasteiger partial charge in [0, 0.05) is 18.6 Å². The molecule has 1 heterocycles. The van der Waals surface area contributed by atoms with Gasteiger partial charge < -0.3 is 9.47 Å². The lowest BCUT2D eigenvalue weighted by atomic mass is 10.0. The Kier molecular flexibility index (Phi) is 5.04. The van der Waals surface area contributed by atoms with Crippen LogP contribution in [0.25, 0.3) is 0 Å². The average molecular weight is 305 g/mol. The van der Waals surface area contributed by atoms with Crippen LogP contribution in [0, 0.1) is 11.8 Å². The van der Waals surface area contributed by atoms with Crippen molar-refractivity contribution in [2.75, 3.05) is 20.3 Å². The van der Waals surface area contributed by atoms with Crippen LogP contribution in [0.4, 0.5) is 0 Å². The van der Waals surface area contributed by atoms with Crippen LogP contribution in [-0.4, -0.2) is 46.0 Å². The molecular weight excluding hydrogens is 282 g/mol. The lowest BCUT2D eigenvalue weighted by Gasteiger charge is -2.24. The summed E-state index contributed by atoms with van der Waals surface area (Å²) in [5, 5.41) is -0.667. The second kappa shape index (κ2) is 6.41. The summed E-state index contributed by atoms with van der Waals surface area (Å²) in [6.45, 7) is 3.14. The van der Waals surface area contributed by atoms with E-state index in [9.17, 15) is 13.2 Å². The third-order valence-corrected chi connectivity index (χ3v) is 6.44. The van der Waals surface area contributed by atoms with Gasteiger partial charge in [0.1, 0.15) is 0 Å². The Morgan fingerprint density at radius 1 is 1.35 bits per heavy atom. The van der Waals surface area contributed by atoms with Crippen LogP contribution in [0.5, 0.6) is 0 Å². The fraction of sp³-hybridized carbons (Fsp3) is 0.923. The molecule has 1 N–H and O–H groups in total. The van der Waals surface area contributed by atoms with Crippen LogP contribution < -0.4 is 4.72 Å². The van der Waals surface area contributed by atoms with Crippen LogP contribution in [0.1, 0.15) is 32.6 Å². The number of hydrogen-bond acceptors (Lipinski definition) is 5. The van der Waals surface area contributed by atoms with Gasteiger partial charge in [-0.2, -0.15) is 0 Å². The fourth-order valence-corrected chi connectivity index (χ4v) is 5.15. The summed E-state index contributed by atoms with van der Waals surface area (Å²) in [5.41, 5.74) is 0. The van der Waals surface area contributed by atoms with Crippen molar-refractivity contribution in [3.05, 3.63) is 0 Å². The first-order valence-electron chi connectivity index (χ1n) is 7.12. The van der Waals surface area contributed by atoms with Crippen LogP contribution in [0.3, 0.4) is 0 Å². The van der Waals surface area contributed by atoms with Crippen LogP contribution >= 0.6 is 0 Å². The molecule has 2 fully saturated rings. The van der Waals surface area contributed by atoms with E-state index in [0.29, 0.717) is 26.1 Å². The number of rotatable bonds is 5. The highest BCUT2D eigenvalue weighted by Gasteiger charge is 2.43. The molecule has 2 aliphatic rings. The molecule has 1 aliphatic carbocycles. The molecular formula is C13H23NO5S. The van der Waals surface area contributed by atoms with Crippen molar-refractivity contribution in [2.45, 2.75) is 43.9 Å². The predicted octanol–water partition coefficient (Wildman–Crippen LogP) is 0.673. The zero-order chi connectivity index (χ0) is 14.8. The third kappa shape index (κ3) is 3.32. The number of carbonyl (C=O) groups excluding carboxylic acids is 1. The van der Waals surface area contributed by atoms with E-state index < -0.39 is 27.2 Å². The third-order valence-electron chi connectivity index (χ3n) is 4.38. The number of sulfonamides is 1. The van der Waals surface area contributed by atoms with Crippen molar-refractivity contribution in [3.8, 4) is 0 Å². The highest BCUT2D eigenvalue weighted by Crippen LogP contribution is 2.32. The molecule has 1 aliphatic heterocycles. The smallest absolute Gasteiger partial charge is 0.310 e. The maximum atomic E-state index is 12.5. The van der Waals surface area contributed by atoms with E-state index in [0.717, 1.165) is 12.8 Å². The quantitative estimate of drug-likeness (QED) is 0.755. The van der Waals surface area contributed by atoms with Gasteiger partial charge in [-0.1, -0.05) is 6.42 Å². The molecule has 4 unspecified atom stereocenters. The second-order valence-electron chi connectivity index (χ2n) is 5.67. The van der Waals surface area contributed by atoms with E-state index in [-0.39, 0.29) is 12.0 Å². The highest BCUT2D eigenvalue weighted by molar-refractivity contribution is 7.90. The number of hydrogen-bond donors (Lipinski definition) is 1. The van der Waals surface area contributed by atoms with Gasteiger partial charge in [0.15, 0.2) is 0 Å². The number of esters is 1. The molecule has 1 saturated carbocycles. The van der Waals surface area contributed by atoms with Crippen LogP contribution in [0.2, 0.25) is 0 Å². The average Bonchev–Trinajstić information content (AvgIpc) is 3.08. The minimum Gasteiger partial charge on any atom is -0.469 e. The molecule has 0 bridgehead atoms. The van der Waals surface area contributed by atoms with Crippen molar-refractivity contribution in [1.29, 1.82) is 0 Å². The van der Waals surface area contributed by atoms with Crippen molar-refractivity contribution in [2.24, 2.45) is 11.8 Å². The molecule has 0 spiro atoms. The maximum absolute atomic E-state index is 12.5. The van der Waals surface area contributed by atoms with Gasteiger partial charge in [-0.15, -0.1) is 0 Å². The first kappa shape index (κ1) is 15.7. The van der Waals surface area contributed by atoms with E-state index in [1.54, 1.807) is 0 Å². The summed E-state index contributed by atoms with van der Waals surface area (Å²) < 4.78 is 37.7. The largest absolute Gasteiger partial charge is 0.469 e. The Balaban J connectivity index is 2.03. The molecule has 20 heavy (non-hydrogen) atoms. The van der Waals surface area contributed by atoms with E-state index >= 15 is 0 Å². The summed E-state index contributed by atoms with van der Waals surface area (Å²) in [6.07, 6.45) is 2.71. The van der Waals surface area contributed by atoms with Gasteiger partial charge in [-0.05, 0) is 26.2 Å². The molecule has 1 saturated heterocycles. The van der Waals surface area contributed by atoms with Crippen molar-refractivity contribution in [3.63, 3.8) is 0 Å². The van der Waals surface area contributed by atoms with Gasteiger partial charge >= 0.3 is 5.97 Å². The lowest BCUT2D eigenvalue weighted by Crippen LogP contribution is -2.45. The van der Waals surface area contributed by atoms with E-state index in [2.05, 4.69) is 4.72 Å². The summed E-state index contributed by atoms with van der Waals surface area (Å²) in [6, 6.07) is -0.165. The van der Waals surface area contributed by atoms with Gasteiger partial charge in [0.05, 0.1) is 24.9 Å². The SMILES string of the molecule is COC(=O)C1CCCC1S(=O)(=O)NC(C)C1CCOC1. The molecule has 2 rings (SSSR count). The minimum absolute atomic E-state index is 0.165. The molecule has 7 heteroatoms. The summed E-state index contributed by atoms with van der Waals surface area (Å²) in [4.78, 5) is 11.7. The summed E-state index contributed by atoms with van der Waals surface area (Å²) in [5.74, 6) is -0.748. The van der Waals surface area contributed by atoms with Crippen LogP contribution in [0.15, 0.2) is 0 Å². The number of nitrogens with one attached hydrogen (secondary N) is 1. The van der Waals surface area contributed by atoms with Crippen LogP contribution in [-0.2, 0) is 24.3 Å². The van der Waals surface area contributed by atoms with E-state index in [1.807, 2.05) is 6.92 Å². The normalized spacial score (nSPS) is 32.2. The van der Waals surface area contributed by atoms with Crippen molar-refractivity contribution in [1.82, 2.24) is 4.72 Å². The zero-order valence-corrected chi connectivity index (χ0v) is 12.8. The highest BCUT2D eigenvalue weighted by atomic mass is 32.2. The van der Waals surface area contributed by atoms with E-state index in [1.165, 1.54) is 7.11 Å². The molecule has 0 radical (unpaired) electrons. The molecule has 0 aromatic rings. The Bertz CT molecular complexity index is 444. The lowest BCUT2D eigenvalue weighted by molar-refractivity contribution is -0.145. The number of carbonyl (C=O) groups is 1. The summed E-state index contributed by atoms with van der Waals surface area (Å²) >= 11 is 0. The molecule has 0 amide bonds.